The SMILES string of the molecule is CCNCCCS(=O)(=O)Nc1nc2c(s1)CCCC2. The van der Waals surface area contributed by atoms with Crippen molar-refractivity contribution in [2.75, 3.05) is 23.6 Å². The highest BCUT2D eigenvalue weighted by Gasteiger charge is 2.18. The summed E-state index contributed by atoms with van der Waals surface area (Å²) in [5.41, 5.74) is 1.08. The Labute approximate surface area is 118 Å². The molecule has 0 aliphatic heterocycles. The van der Waals surface area contributed by atoms with E-state index in [4.69, 9.17) is 0 Å². The number of nitrogens with zero attached hydrogens (tertiary/aromatic N) is 1. The van der Waals surface area contributed by atoms with Gasteiger partial charge in [-0.25, -0.2) is 13.4 Å². The van der Waals surface area contributed by atoms with Gasteiger partial charge in [-0.2, -0.15) is 0 Å². The second kappa shape index (κ2) is 6.67. The molecule has 0 saturated carbocycles. The lowest BCUT2D eigenvalue weighted by Crippen LogP contribution is -2.21. The molecule has 1 aliphatic rings. The third-order valence-electron chi connectivity index (χ3n) is 3.11. The molecule has 0 saturated heterocycles. The van der Waals surface area contributed by atoms with Crippen LogP contribution in [-0.4, -0.2) is 32.2 Å². The van der Waals surface area contributed by atoms with Crippen molar-refractivity contribution >= 4 is 26.5 Å². The molecular formula is C12H21N3O2S2. The average Bonchev–Trinajstić information content (AvgIpc) is 2.75. The Hall–Kier alpha value is -0.660. The number of rotatable bonds is 7. The summed E-state index contributed by atoms with van der Waals surface area (Å²) in [6.45, 7) is 3.60. The molecule has 1 aromatic rings. The van der Waals surface area contributed by atoms with Gasteiger partial charge in [-0.1, -0.05) is 6.92 Å². The molecule has 7 heteroatoms. The largest absolute Gasteiger partial charge is 0.317 e. The summed E-state index contributed by atoms with van der Waals surface area (Å²) in [5, 5.41) is 3.66. The van der Waals surface area contributed by atoms with E-state index in [1.807, 2.05) is 6.92 Å². The van der Waals surface area contributed by atoms with Crippen LogP contribution in [-0.2, 0) is 22.9 Å². The lowest BCUT2D eigenvalue weighted by molar-refractivity contribution is 0.595. The molecule has 0 atom stereocenters. The predicted molar refractivity (Wildman–Crippen MR) is 79.3 cm³/mol. The number of hydrogen-bond acceptors (Lipinski definition) is 5. The topological polar surface area (TPSA) is 71.1 Å². The lowest BCUT2D eigenvalue weighted by Gasteiger charge is -2.06. The van der Waals surface area contributed by atoms with E-state index in [1.54, 1.807) is 0 Å². The van der Waals surface area contributed by atoms with Gasteiger partial charge >= 0.3 is 0 Å². The standard InChI is InChI=1S/C12H21N3O2S2/c1-2-13-8-5-9-19(16,17)15-12-14-10-6-3-4-7-11(10)18-12/h13H,2-9H2,1H3,(H,14,15). The van der Waals surface area contributed by atoms with Crippen LogP contribution in [0.25, 0.3) is 0 Å². The second-order valence-corrected chi connectivity index (χ2v) is 7.65. The van der Waals surface area contributed by atoms with E-state index in [0.29, 0.717) is 11.6 Å². The lowest BCUT2D eigenvalue weighted by atomic mass is 10.0. The van der Waals surface area contributed by atoms with E-state index >= 15 is 0 Å². The second-order valence-electron chi connectivity index (χ2n) is 4.72. The Balaban J connectivity index is 1.90. The quantitative estimate of drug-likeness (QED) is 0.753. The number of nitrogens with one attached hydrogen (secondary N) is 2. The zero-order chi connectivity index (χ0) is 13.7. The van der Waals surface area contributed by atoms with Crippen molar-refractivity contribution in [1.82, 2.24) is 10.3 Å². The molecule has 19 heavy (non-hydrogen) atoms. The molecule has 2 rings (SSSR count). The zero-order valence-corrected chi connectivity index (χ0v) is 12.9. The van der Waals surface area contributed by atoms with Crippen LogP contribution in [0.3, 0.4) is 0 Å². The first-order valence-corrected chi connectivity index (χ1v) is 9.27. The molecule has 0 fully saturated rings. The molecule has 0 bridgehead atoms. The Morgan fingerprint density at radius 3 is 2.84 bits per heavy atom. The fourth-order valence-corrected chi connectivity index (χ4v) is 4.53. The minimum absolute atomic E-state index is 0.143. The van der Waals surface area contributed by atoms with E-state index in [1.165, 1.54) is 22.6 Å². The van der Waals surface area contributed by atoms with Crippen LogP contribution in [0.4, 0.5) is 5.13 Å². The van der Waals surface area contributed by atoms with Crippen molar-refractivity contribution < 1.29 is 8.42 Å². The van der Waals surface area contributed by atoms with Gasteiger partial charge in [0, 0.05) is 4.88 Å². The number of sulfonamides is 1. The number of aryl methyl sites for hydroxylation is 2. The van der Waals surface area contributed by atoms with Crippen LogP contribution >= 0.6 is 11.3 Å². The van der Waals surface area contributed by atoms with Crippen molar-refractivity contribution in [1.29, 1.82) is 0 Å². The summed E-state index contributed by atoms with van der Waals surface area (Å²) < 4.78 is 26.4. The molecule has 108 valence electrons. The predicted octanol–water partition coefficient (Wildman–Crippen LogP) is 1.76. The van der Waals surface area contributed by atoms with Crippen molar-refractivity contribution in [2.24, 2.45) is 0 Å². The summed E-state index contributed by atoms with van der Waals surface area (Å²) in [6, 6.07) is 0. The van der Waals surface area contributed by atoms with Gasteiger partial charge in [0.1, 0.15) is 0 Å². The summed E-state index contributed by atoms with van der Waals surface area (Å²) >= 11 is 1.49. The summed E-state index contributed by atoms with van der Waals surface area (Å²) in [7, 11) is -3.26. The first kappa shape index (κ1) is 14.7. The highest BCUT2D eigenvalue weighted by atomic mass is 32.2. The van der Waals surface area contributed by atoms with E-state index in [9.17, 15) is 8.42 Å². The maximum absolute atomic E-state index is 11.9. The van der Waals surface area contributed by atoms with Crippen molar-refractivity contribution in [3.05, 3.63) is 10.6 Å². The number of anilines is 1. The number of fused-ring (bicyclic) bond motifs is 1. The fraction of sp³-hybridized carbons (Fsp3) is 0.750. The Kier molecular flexibility index (Phi) is 5.18. The van der Waals surface area contributed by atoms with Gasteiger partial charge in [0.2, 0.25) is 10.0 Å². The molecule has 0 radical (unpaired) electrons. The van der Waals surface area contributed by atoms with Crippen molar-refractivity contribution in [2.45, 2.75) is 39.0 Å². The molecule has 1 aliphatic carbocycles. The highest BCUT2D eigenvalue weighted by molar-refractivity contribution is 7.92. The van der Waals surface area contributed by atoms with Crippen LogP contribution in [0.2, 0.25) is 0 Å². The van der Waals surface area contributed by atoms with Gasteiger partial charge in [-0.3, -0.25) is 4.72 Å². The number of thiazole rings is 1. The molecule has 2 N–H and O–H groups in total. The maximum Gasteiger partial charge on any atom is 0.234 e. The summed E-state index contributed by atoms with van der Waals surface area (Å²) in [6.07, 6.45) is 4.98. The van der Waals surface area contributed by atoms with Gasteiger partial charge in [-0.15, -0.1) is 11.3 Å². The fourth-order valence-electron chi connectivity index (χ4n) is 2.14. The molecule has 1 aromatic heterocycles. The van der Waals surface area contributed by atoms with E-state index in [0.717, 1.165) is 38.0 Å². The first-order valence-electron chi connectivity index (χ1n) is 6.80. The monoisotopic (exact) mass is 303 g/mol. The molecule has 0 amide bonds. The van der Waals surface area contributed by atoms with E-state index < -0.39 is 10.0 Å². The average molecular weight is 303 g/mol. The van der Waals surface area contributed by atoms with Crippen molar-refractivity contribution in [3.63, 3.8) is 0 Å². The molecule has 1 heterocycles. The number of hydrogen-bond donors (Lipinski definition) is 2. The first-order chi connectivity index (χ1) is 9.11. The molecule has 0 aromatic carbocycles. The number of aromatic nitrogens is 1. The maximum atomic E-state index is 11.9. The Morgan fingerprint density at radius 2 is 2.11 bits per heavy atom. The van der Waals surface area contributed by atoms with Crippen molar-refractivity contribution in [3.8, 4) is 0 Å². The molecule has 0 spiro atoms. The minimum Gasteiger partial charge on any atom is -0.317 e. The van der Waals surface area contributed by atoms with Crippen LogP contribution in [0.5, 0.6) is 0 Å². The summed E-state index contributed by atoms with van der Waals surface area (Å²) in [4.78, 5) is 5.64. The smallest absolute Gasteiger partial charge is 0.234 e. The molecular weight excluding hydrogens is 282 g/mol. The van der Waals surface area contributed by atoms with Gasteiger partial charge in [-0.05, 0) is 45.2 Å². The van der Waals surface area contributed by atoms with Gasteiger partial charge in [0.15, 0.2) is 5.13 Å². The normalized spacial score (nSPS) is 15.2. The van der Waals surface area contributed by atoms with Crippen LogP contribution in [0, 0.1) is 0 Å². The van der Waals surface area contributed by atoms with Gasteiger partial charge in [0.25, 0.3) is 0 Å². The molecule has 5 nitrogen and oxygen atoms in total. The van der Waals surface area contributed by atoms with E-state index in [2.05, 4.69) is 15.0 Å². The minimum atomic E-state index is -3.26. The third kappa shape index (κ3) is 4.43. The van der Waals surface area contributed by atoms with Crippen LogP contribution < -0.4 is 10.0 Å². The van der Waals surface area contributed by atoms with Crippen LogP contribution in [0.1, 0.15) is 36.8 Å². The Bertz CT molecular complexity index is 488. The summed E-state index contributed by atoms with van der Waals surface area (Å²) in [5.74, 6) is 0.143. The zero-order valence-electron chi connectivity index (χ0n) is 11.2. The molecule has 0 unspecified atom stereocenters. The van der Waals surface area contributed by atoms with Crippen LogP contribution in [0.15, 0.2) is 0 Å². The van der Waals surface area contributed by atoms with Gasteiger partial charge in [0.05, 0.1) is 11.4 Å². The third-order valence-corrected chi connectivity index (χ3v) is 5.64. The highest BCUT2D eigenvalue weighted by Crippen LogP contribution is 2.29. The van der Waals surface area contributed by atoms with Gasteiger partial charge < -0.3 is 5.32 Å². The Morgan fingerprint density at radius 1 is 1.32 bits per heavy atom. The van der Waals surface area contributed by atoms with E-state index in [-0.39, 0.29) is 5.75 Å².